The van der Waals surface area contributed by atoms with E-state index in [0.29, 0.717) is 35.7 Å². The molecule has 0 saturated heterocycles. The topological polar surface area (TPSA) is 89.7 Å². The number of carbonyl (C=O) groups excluding carboxylic acids is 1. The number of alkyl halides is 2. The summed E-state index contributed by atoms with van der Waals surface area (Å²) in [5, 5.41) is 10.7. The number of benzene rings is 2. The quantitative estimate of drug-likeness (QED) is 0.377. The van der Waals surface area contributed by atoms with E-state index in [4.69, 9.17) is 9.47 Å². The zero-order valence-corrected chi connectivity index (χ0v) is 21.4. The van der Waals surface area contributed by atoms with E-state index in [-0.39, 0.29) is 40.2 Å². The number of ether oxygens (including phenoxy) is 2. The van der Waals surface area contributed by atoms with E-state index in [2.05, 4.69) is 9.97 Å². The Morgan fingerprint density at radius 2 is 2.05 bits per heavy atom. The largest absolute Gasteiger partial charge is 0.491 e. The molecule has 8 nitrogen and oxygen atoms in total. The van der Waals surface area contributed by atoms with Crippen LogP contribution in [-0.4, -0.2) is 50.7 Å². The van der Waals surface area contributed by atoms with E-state index < -0.39 is 30.0 Å². The molecule has 0 aliphatic carbocycles. The third kappa shape index (κ3) is 3.82. The molecule has 39 heavy (non-hydrogen) atoms. The fourth-order valence-electron chi connectivity index (χ4n) is 5.48. The van der Waals surface area contributed by atoms with Crippen LogP contribution in [0, 0.1) is 5.82 Å². The third-order valence-corrected chi connectivity index (χ3v) is 7.44. The summed E-state index contributed by atoms with van der Waals surface area (Å²) in [5.41, 5.74) is 0.150. The molecule has 2 aromatic heterocycles. The average molecular weight is 539 g/mol. The first-order chi connectivity index (χ1) is 18.6. The number of amides is 1. The number of aromatic nitrogens is 3. The average Bonchev–Trinajstić information content (AvgIpc) is 3.24. The molecule has 0 bridgehead atoms. The van der Waals surface area contributed by atoms with Crippen LogP contribution in [0.15, 0.2) is 42.6 Å². The van der Waals surface area contributed by atoms with Crippen LogP contribution < -0.4 is 9.47 Å². The van der Waals surface area contributed by atoms with Gasteiger partial charge in [0, 0.05) is 30.8 Å². The summed E-state index contributed by atoms with van der Waals surface area (Å²) in [7, 11) is 1.60. The maximum absolute atomic E-state index is 16.5. The van der Waals surface area contributed by atoms with Crippen LogP contribution in [0.2, 0.25) is 0 Å². The number of carbonyl (C=O) groups is 1. The minimum Gasteiger partial charge on any atom is -0.491 e. The smallest absolute Gasteiger partial charge is 0.387 e. The van der Waals surface area contributed by atoms with Crippen molar-refractivity contribution in [2.45, 2.75) is 44.9 Å². The fourth-order valence-corrected chi connectivity index (χ4v) is 5.48. The number of pyridine rings is 1. The van der Waals surface area contributed by atoms with E-state index in [1.807, 2.05) is 6.92 Å². The zero-order chi connectivity index (χ0) is 27.6. The molecular weight excluding hydrogens is 513 g/mol. The van der Waals surface area contributed by atoms with E-state index in [1.165, 1.54) is 33.9 Å². The molecule has 1 N–H and O–H groups in total. The van der Waals surface area contributed by atoms with Gasteiger partial charge < -0.3 is 19.5 Å². The lowest BCUT2D eigenvalue weighted by Crippen LogP contribution is -2.30. The second kappa shape index (κ2) is 8.98. The summed E-state index contributed by atoms with van der Waals surface area (Å²) in [4.78, 5) is 23.9. The van der Waals surface area contributed by atoms with Crippen molar-refractivity contribution in [2.75, 3.05) is 13.7 Å². The van der Waals surface area contributed by atoms with Crippen LogP contribution in [-0.2, 0) is 5.60 Å². The van der Waals surface area contributed by atoms with Crippen LogP contribution in [0.3, 0.4) is 0 Å². The van der Waals surface area contributed by atoms with Crippen molar-refractivity contribution in [1.29, 1.82) is 0 Å². The Labute approximate surface area is 221 Å². The molecule has 2 aromatic carbocycles. The Bertz CT molecular complexity index is 1640. The van der Waals surface area contributed by atoms with Crippen molar-refractivity contribution in [3.63, 3.8) is 0 Å². The SMILES string of the molecule is CCC1c2nc3ccc(-c4cnc5c(c4)OCCC5(C)O)c(F)c3n2-c2c(OC(F)F)cccc2C(=O)N1C. The van der Waals surface area contributed by atoms with Crippen molar-refractivity contribution < 1.29 is 32.5 Å². The van der Waals surface area contributed by atoms with Crippen molar-refractivity contribution in [2.24, 2.45) is 0 Å². The standard InChI is InChI=1S/C28H25F3N4O4/c1-4-18-25-33-17-9-8-15(14-12-20-24(32-13-14)28(2,37)10-11-38-20)21(29)23(17)35(25)22-16(26(36)34(18)3)6-5-7-19(22)39-27(30)31/h5-9,12-13,18,27,37H,4,10-11H2,1-3H3. The highest BCUT2D eigenvalue weighted by molar-refractivity contribution is 6.01. The number of nitrogens with zero attached hydrogens (tertiary/aromatic N) is 4. The number of para-hydroxylation sites is 1. The van der Waals surface area contributed by atoms with Crippen LogP contribution in [0.25, 0.3) is 27.8 Å². The summed E-state index contributed by atoms with van der Waals surface area (Å²) >= 11 is 0. The summed E-state index contributed by atoms with van der Waals surface area (Å²) in [6.45, 7) is 0.632. The first kappa shape index (κ1) is 25.2. The maximum Gasteiger partial charge on any atom is 0.387 e. The lowest BCUT2D eigenvalue weighted by molar-refractivity contribution is -0.0498. The molecule has 0 spiro atoms. The van der Waals surface area contributed by atoms with Crippen molar-refractivity contribution in [3.05, 3.63) is 65.5 Å². The third-order valence-electron chi connectivity index (χ3n) is 7.44. The lowest BCUT2D eigenvalue weighted by atomic mass is 9.94. The molecule has 6 rings (SSSR count). The van der Waals surface area contributed by atoms with Gasteiger partial charge in [-0.25, -0.2) is 9.37 Å². The van der Waals surface area contributed by atoms with Gasteiger partial charge in [-0.3, -0.25) is 14.3 Å². The van der Waals surface area contributed by atoms with E-state index in [0.717, 1.165) is 0 Å². The lowest BCUT2D eigenvalue weighted by Gasteiger charge is -2.30. The van der Waals surface area contributed by atoms with Gasteiger partial charge in [0.15, 0.2) is 11.6 Å². The van der Waals surface area contributed by atoms with Gasteiger partial charge in [0.2, 0.25) is 0 Å². The number of imidazole rings is 1. The molecule has 0 radical (unpaired) electrons. The van der Waals surface area contributed by atoms with Crippen LogP contribution >= 0.6 is 0 Å². The molecule has 0 saturated carbocycles. The van der Waals surface area contributed by atoms with Gasteiger partial charge in [-0.15, -0.1) is 0 Å². The van der Waals surface area contributed by atoms with Crippen LogP contribution in [0.4, 0.5) is 13.2 Å². The summed E-state index contributed by atoms with van der Waals surface area (Å²) in [5.74, 6) is -0.689. The Balaban J connectivity index is 1.64. The fraction of sp³-hybridized carbons (Fsp3) is 0.321. The molecule has 4 aromatic rings. The monoisotopic (exact) mass is 538 g/mol. The molecule has 11 heteroatoms. The van der Waals surface area contributed by atoms with Crippen molar-refractivity contribution >= 4 is 16.9 Å². The molecule has 0 fully saturated rings. The first-order valence-electron chi connectivity index (χ1n) is 12.5. The van der Waals surface area contributed by atoms with E-state index >= 15 is 4.39 Å². The molecule has 2 unspecified atom stereocenters. The highest BCUT2D eigenvalue weighted by Gasteiger charge is 2.37. The molecule has 2 aliphatic heterocycles. The molecule has 1 amide bonds. The Hall–Kier alpha value is -4.12. The van der Waals surface area contributed by atoms with Gasteiger partial charge in [-0.2, -0.15) is 8.78 Å². The van der Waals surface area contributed by atoms with Crippen molar-refractivity contribution in [1.82, 2.24) is 19.4 Å². The van der Waals surface area contributed by atoms with Gasteiger partial charge in [0.1, 0.15) is 34.1 Å². The second-order valence-corrected chi connectivity index (χ2v) is 9.91. The molecule has 202 valence electrons. The summed E-state index contributed by atoms with van der Waals surface area (Å²) < 4.78 is 55.3. The number of aliphatic hydroxyl groups is 1. The Kier molecular flexibility index (Phi) is 5.79. The summed E-state index contributed by atoms with van der Waals surface area (Å²) in [6, 6.07) is 8.52. The zero-order valence-electron chi connectivity index (χ0n) is 21.4. The normalized spacial score (nSPS) is 20.4. The minimum absolute atomic E-state index is 0.00194. The number of hydrogen-bond acceptors (Lipinski definition) is 6. The molecule has 2 aliphatic rings. The Morgan fingerprint density at radius 3 is 2.79 bits per heavy atom. The van der Waals surface area contributed by atoms with Crippen LogP contribution in [0.5, 0.6) is 11.5 Å². The van der Waals surface area contributed by atoms with Gasteiger partial charge in [0.05, 0.1) is 23.7 Å². The maximum atomic E-state index is 16.5. The molecule has 2 atom stereocenters. The molecule has 4 heterocycles. The number of hydrogen-bond donors (Lipinski definition) is 1. The van der Waals surface area contributed by atoms with Crippen LogP contribution in [0.1, 0.15) is 54.6 Å². The van der Waals surface area contributed by atoms with Gasteiger partial charge >= 0.3 is 6.61 Å². The summed E-state index contributed by atoms with van der Waals surface area (Å²) in [6.07, 6.45) is 2.28. The minimum atomic E-state index is -3.16. The highest BCUT2D eigenvalue weighted by Crippen LogP contribution is 2.43. The van der Waals surface area contributed by atoms with Crippen molar-refractivity contribution in [3.8, 4) is 28.3 Å². The molecular formula is C28H25F3N4O4. The Morgan fingerprint density at radius 1 is 1.26 bits per heavy atom. The number of fused-ring (bicyclic) bond motifs is 6. The highest BCUT2D eigenvalue weighted by atomic mass is 19.3. The van der Waals surface area contributed by atoms with Gasteiger partial charge in [-0.1, -0.05) is 13.0 Å². The van der Waals surface area contributed by atoms with E-state index in [9.17, 15) is 18.7 Å². The predicted octanol–water partition coefficient (Wildman–Crippen LogP) is 5.35. The second-order valence-electron chi connectivity index (χ2n) is 9.91. The van der Waals surface area contributed by atoms with Gasteiger partial charge in [-0.05, 0) is 43.7 Å². The van der Waals surface area contributed by atoms with E-state index in [1.54, 1.807) is 32.2 Å². The number of halogens is 3. The number of rotatable bonds is 4. The first-order valence-corrected chi connectivity index (χ1v) is 12.5. The van der Waals surface area contributed by atoms with Gasteiger partial charge in [0.25, 0.3) is 5.91 Å². The predicted molar refractivity (Wildman–Crippen MR) is 136 cm³/mol.